The third kappa shape index (κ3) is 6.41. The number of benzene rings is 2. The van der Waals surface area contributed by atoms with Gasteiger partial charge in [-0.3, -0.25) is 0 Å². The van der Waals surface area contributed by atoms with Crippen LogP contribution in [0, 0.1) is 5.82 Å². The highest BCUT2D eigenvalue weighted by molar-refractivity contribution is 5.72. The molecule has 0 fully saturated rings. The molecule has 0 aliphatic carbocycles. The van der Waals surface area contributed by atoms with E-state index in [1.54, 1.807) is 25.2 Å². The summed E-state index contributed by atoms with van der Waals surface area (Å²) in [6, 6.07) is 11.0. The van der Waals surface area contributed by atoms with E-state index in [9.17, 15) is 17.6 Å². The first-order chi connectivity index (χ1) is 14.8. The van der Waals surface area contributed by atoms with Gasteiger partial charge >= 0.3 is 6.18 Å². The van der Waals surface area contributed by atoms with Crippen molar-refractivity contribution < 1.29 is 17.6 Å². The number of hydrogen-bond donors (Lipinski definition) is 2. The Labute approximate surface area is 179 Å². The minimum atomic E-state index is -4.43. The molecule has 2 N–H and O–H groups in total. The molecule has 166 valence electrons. The first-order valence-corrected chi connectivity index (χ1v) is 10.1. The minimum absolute atomic E-state index is 0.268. The lowest BCUT2D eigenvalue weighted by atomic mass is 10.1. The number of alkyl halides is 3. The molecule has 0 saturated carbocycles. The topological polar surface area (TPSA) is 49.8 Å². The molecule has 4 nitrogen and oxygen atoms in total. The van der Waals surface area contributed by atoms with E-state index in [0.717, 1.165) is 23.4 Å². The molecule has 0 radical (unpaired) electrons. The number of nitrogens with zero attached hydrogens (tertiary/aromatic N) is 2. The van der Waals surface area contributed by atoms with Gasteiger partial charge < -0.3 is 10.6 Å². The summed E-state index contributed by atoms with van der Waals surface area (Å²) in [4.78, 5) is 9.05. The van der Waals surface area contributed by atoms with Gasteiger partial charge in [-0.2, -0.15) is 13.2 Å². The SMILES string of the molecule is CC.CCc1nc(Cc2ccc(F)cc2)nc(Nc2cccc(C(F)(F)F)c2)c1NC. The van der Waals surface area contributed by atoms with Crippen molar-refractivity contribution >= 4 is 17.2 Å². The molecule has 0 spiro atoms. The van der Waals surface area contributed by atoms with Crippen molar-refractivity contribution in [3.63, 3.8) is 0 Å². The number of aromatic nitrogens is 2. The van der Waals surface area contributed by atoms with Crippen LogP contribution in [0.2, 0.25) is 0 Å². The number of halogens is 4. The molecule has 0 aliphatic rings. The Morgan fingerprint density at radius 1 is 0.968 bits per heavy atom. The summed E-state index contributed by atoms with van der Waals surface area (Å²) in [6.45, 7) is 5.93. The Balaban J connectivity index is 0.00000166. The minimum Gasteiger partial charge on any atom is -0.384 e. The van der Waals surface area contributed by atoms with Crippen LogP contribution in [0.3, 0.4) is 0 Å². The van der Waals surface area contributed by atoms with Crippen LogP contribution in [0.4, 0.5) is 34.8 Å². The van der Waals surface area contributed by atoms with Gasteiger partial charge in [0.1, 0.15) is 11.6 Å². The Hall–Kier alpha value is -3.16. The number of aryl methyl sites for hydroxylation is 1. The van der Waals surface area contributed by atoms with Gasteiger partial charge in [0.25, 0.3) is 0 Å². The van der Waals surface area contributed by atoms with Crippen molar-refractivity contribution in [3.8, 4) is 0 Å². The van der Waals surface area contributed by atoms with Gasteiger partial charge in [0.15, 0.2) is 5.82 Å². The monoisotopic (exact) mass is 434 g/mol. The van der Waals surface area contributed by atoms with Crippen molar-refractivity contribution in [1.29, 1.82) is 0 Å². The van der Waals surface area contributed by atoms with Crippen LogP contribution in [-0.2, 0) is 19.0 Å². The van der Waals surface area contributed by atoms with Crippen LogP contribution in [-0.4, -0.2) is 17.0 Å². The van der Waals surface area contributed by atoms with Gasteiger partial charge in [0.2, 0.25) is 0 Å². The fourth-order valence-corrected chi connectivity index (χ4v) is 2.94. The fraction of sp³-hybridized carbons (Fsp3) is 0.304. The molecule has 8 heteroatoms. The molecule has 0 atom stereocenters. The highest BCUT2D eigenvalue weighted by atomic mass is 19.4. The van der Waals surface area contributed by atoms with Gasteiger partial charge in [0.05, 0.1) is 16.9 Å². The second kappa shape index (κ2) is 10.7. The smallest absolute Gasteiger partial charge is 0.384 e. The maximum absolute atomic E-state index is 13.1. The molecular weight excluding hydrogens is 408 g/mol. The lowest BCUT2D eigenvalue weighted by molar-refractivity contribution is -0.137. The summed E-state index contributed by atoms with van der Waals surface area (Å²) in [5.74, 6) is 0.541. The zero-order valence-corrected chi connectivity index (χ0v) is 17.9. The highest BCUT2D eigenvalue weighted by Gasteiger charge is 2.30. The average Bonchev–Trinajstić information content (AvgIpc) is 2.76. The van der Waals surface area contributed by atoms with Crippen LogP contribution in [0.25, 0.3) is 0 Å². The molecule has 0 saturated heterocycles. The van der Waals surface area contributed by atoms with Crippen LogP contribution in [0.1, 0.15) is 43.4 Å². The van der Waals surface area contributed by atoms with Gasteiger partial charge in [-0.1, -0.05) is 39.0 Å². The summed E-state index contributed by atoms with van der Waals surface area (Å²) in [5.41, 5.74) is 1.70. The molecule has 0 aliphatic heterocycles. The molecular formula is C23H26F4N4. The molecule has 1 heterocycles. The van der Waals surface area contributed by atoms with Crippen molar-refractivity contribution in [2.75, 3.05) is 17.7 Å². The third-order valence-corrected chi connectivity index (χ3v) is 4.34. The standard InChI is InChI=1S/C21H20F4N4.C2H6/c1-3-17-19(26-2)20(27-16-6-4-5-14(12-16)21(23,24)25)29-18(28-17)11-13-7-9-15(22)10-8-13;1-2/h4-10,12,26H,3,11H2,1-2H3,(H,27,28,29);1-2H3. The van der Waals surface area contributed by atoms with Crippen molar-refractivity contribution in [2.45, 2.75) is 39.8 Å². The van der Waals surface area contributed by atoms with E-state index in [-0.39, 0.29) is 11.5 Å². The first-order valence-electron chi connectivity index (χ1n) is 10.1. The van der Waals surface area contributed by atoms with Crippen molar-refractivity contribution in [1.82, 2.24) is 9.97 Å². The molecule has 1 aromatic heterocycles. The summed E-state index contributed by atoms with van der Waals surface area (Å²) in [7, 11) is 1.70. The van der Waals surface area contributed by atoms with Crippen LogP contribution in [0.5, 0.6) is 0 Å². The average molecular weight is 434 g/mol. The number of nitrogens with one attached hydrogen (secondary N) is 2. The van der Waals surface area contributed by atoms with E-state index in [0.29, 0.717) is 30.2 Å². The van der Waals surface area contributed by atoms with Crippen LogP contribution >= 0.6 is 0 Å². The first kappa shape index (κ1) is 24.1. The van der Waals surface area contributed by atoms with E-state index >= 15 is 0 Å². The summed E-state index contributed by atoms with van der Waals surface area (Å²) >= 11 is 0. The zero-order valence-electron chi connectivity index (χ0n) is 17.9. The second-order valence-electron chi connectivity index (χ2n) is 6.42. The van der Waals surface area contributed by atoms with Gasteiger partial charge in [-0.15, -0.1) is 0 Å². The summed E-state index contributed by atoms with van der Waals surface area (Å²) in [6.07, 6.45) is -3.46. The molecule has 3 aromatic rings. The Morgan fingerprint density at radius 2 is 1.65 bits per heavy atom. The van der Waals surface area contributed by atoms with Crippen LogP contribution in [0.15, 0.2) is 48.5 Å². The zero-order chi connectivity index (χ0) is 23.0. The van der Waals surface area contributed by atoms with Gasteiger partial charge in [-0.25, -0.2) is 14.4 Å². The quantitative estimate of drug-likeness (QED) is 0.429. The molecule has 0 amide bonds. The lowest BCUT2D eigenvalue weighted by Crippen LogP contribution is -2.10. The predicted octanol–water partition coefficient (Wildman–Crippen LogP) is 6.60. The van der Waals surface area contributed by atoms with E-state index in [1.807, 2.05) is 20.8 Å². The van der Waals surface area contributed by atoms with Gasteiger partial charge in [0, 0.05) is 19.2 Å². The molecule has 0 bridgehead atoms. The fourth-order valence-electron chi connectivity index (χ4n) is 2.94. The van der Waals surface area contributed by atoms with E-state index in [2.05, 4.69) is 20.6 Å². The van der Waals surface area contributed by atoms with E-state index in [1.165, 1.54) is 18.2 Å². The van der Waals surface area contributed by atoms with Crippen molar-refractivity contribution in [2.24, 2.45) is 0 Å². The molecule has 0 unspecified atom stereocenters. The second-order valence-corrected chi connectivity index (χ2v) is 6.42. The van der Waals surface area contributed by atoms with Gasteiger partial charge in [-0.05, 0) is 42.3 Å². The summed E-state index contributed by atoms with van der Waals surface area (Å²) < 4.78 is 52.2. The van der Waals surface area contributed by atoms with E-state index < -0.39 is 11.7 Å². The predicted molar refractivity (Wildman–Crippen MR) is 116 cm³/mol. The number of rotatable bonds is 6. The molecule has 3 rings (SSSR count). The number of hydrogen-bond acceptors (Lipinski definition) is 4. The Kier molecular flexibility index (Phi) is 8.36. The highest BCUT2D eigenvalue weighted by Crippen LogP contribution is 2.33. The Bertz CT molecular complexity index is 986. The third-order valence-electron chi connectivity index (χ3n) is 4.34. The normalized spacial score (nSPS) is 10.8. The lowest BCUT2D eigenvalue weighted by Gasteiger charge is -2.16. The Morgan fingerprint density at radius 3 is 2.23 bits per heavy atom. The summed E-state index contributed by atoms with van der Waals surface area (Å²) in [5, 5.41) is 5.99. The molecule has 2 aromatic carbocycles. The van der Waals surface area contributed by atoms with E-state index in [4.69, 9.17) is 0 Å². The molecule has 31 heavy (non-hydrogen) atoms. The maximum atomic E-state index is 13.1. The largest absolute Gasteiger partial charge is 0.416 e. The number of anilines is 3. The van der Waals surface area contributed by atoms with Crippen molar-refractivity contribution in [3.05, 3.63) is 77.0 Å². The van der Waals surface area contributed by atoms with Crippen LogP contribution < -0.4 is 10.6 Å². The maximum Gasteiger partial charge on any atom is 0.416 e.